The van der Waals surface area contributed by atoms with Gasteiger partial charge >= 0.3 is 0 Å². The highest BCUT2D eigenvalue weighted by atomic mass is 32.1. The van der Waals surface area contributed by atoms with Gasteiger partial charge in [-0.3, -0.25) is 10.1 Å². The van der Waals surface area contributed by atoms with Crippen LogP contribution in [-0.4, -0.2) is 15.9 Å². The quantitative estimate of drug-likeness (QED) is 0.790. The van der Waals surface area contributed by atoms with Gasteiger partial charge in [0.25, 0.3) is 5.91 Å². The van der Waals surface area contributed by atoms with Crippen LogP contribution in [0.3, 0.4) is 0 Å². The normalized spacial score (nSPS) is 10.6. The van der Waals surface area contributed by atoms with Crippen LogP contribution in [-0.2, 0) is 0 Å². The zero-order valence-electron chi connectivity index (χ0n) is 11.6. The number of pyridine rings is 1. The summed E-state index contributed by atoms with van der Waals surface area (Å²) in [4.78, 5) is 23.1. The van der Waals surface area contributed by atoms with E-state index >= 15 is 0 Å². The molecular formula is C15H13N3OS2. The van der Waals surface area contributed by atoms with E-state index in [0.717, 1.165) is 16.3 Å². The number of amides is 1. The van der Waals surface area contributed by atoms with Crippen molar-refractivity contribution in [1.29, 1.82) is 0 Å². The third-order valence-electron chi connectivity index (χ3n) is 2.84. The van der Waals surface area contributed by atoms with Crippen LogP contribution in [0.25, 0.3) is 10.6 Å². The Morgan fingerprint density at radius 1 is 1.14 bits per heavy atom. The Balaban J connectivity index is 1.77. The third-order valence-corrected chi connectivity index (χ3v) is 4.62. The number of thiophene rings is 1. The fraction of sp³-hybridized carbons (Fsp3) is 0.133. The van der Waals surface area contributed by atoms with Crippen LogP contribution in [0.5, 0.6) is 0 Å². The molecular weight excluding hydrogens is 302 g/mol. The molecule has 0 aromatic carbocycles. The minimum absolute atomic E-state index is 0.234. The van der Waals surface area contributed by atoms with Crippen molar-refractivity contribution in [2.75, 3.05) is 5.32 Å². The van der Waals surface area contributed by atoms with Gasteiger partial charge in [-0.2, -0.15) is 0 Å². The molecule has 0 aliphatic rings. The van der Waals surface area contributed by atoms with Crippen molar-refractivity contribution < 1.29 is 4.79 Å². The van der Waals surface area contributed by atoms with Crippen LogP contribution in [0.15, 0.2) is 35.7 Å². The maximum atomic E-state index is 12.1. The molecule has 0 saturated carbocycles. The molecule has 0 spiro atoms. The van der Waals surface area contributed by atoms with Crippen LogP contribution >= 0.6 is 22.7 Å². The van der Waals surface area contributed by atoms with E-state index in [1.807, 2.05) is 30.5 Å². The number of aromatic nitrogens is 2. The molecule has 0 bridgehead atoms. The van der Waals surface area contributed by atoms with Gasteiger partial charge in [-0.05, 0) is 38.1 Å². The molecule has 3 aromatic heterocycles. The minimum atomic E-state index is -0.234. The van der Waals surface area contributed by atoms with Crippen LogP contribution in [0.1, 0.15) is 21.1 Å². The van der Waals surface area contributed by atoms with Gasteiger partial charge in [-0.25, -0.2) is 9.97 Å². The van der Waals surface area contributed by atoms with Crippen molar-refractivity contribution in [3.8, 4) is 10.6 Å². The van der Waals surface area contributed by atoms with Gasteiger partial charge in [0.15, 0.2) is 5.13 Å². The van der Waals surface area contributed by atoms with Gasteiger partial charge in [0.05, 0.1) is 10.6 Å². The van der Waals surface area contributed by atoms with Crippen LogP contribution in [0, 0.1) is 13.8 Å². The number of anilines is 1. The lowest BCUT2D eigenvalue weighted by molar-refractivity contribution is 0.102. The number of aryl methyl sites for hydroxylation is 2. The Bertz CT molecular complexity index is 792. The Kier molecular flexibility index (Phi) is 3.81. The predicted molar refractivity (Wildman–Crippen MR) is 87.1 cm³/mol. The number of nitrogens with zero attached hydrogens (tertiary/aromatic N) is 2. The molecule has 6 heteroatoms. The maximum absolute atomic E-state index is 12.1. The summed E-state index contributed by atoms with van der Waals surface area (Å²) in [5.74, 6) is -0.234. The number of carbonyl (C=O) groups is 1. The largest absolute Gasteiger partial charge is 0.296 e. The van der Waals surface area contributed by atoms with Crippen molar-refractivity contribution in [1.82, 2.24) is 9.97 Å². The first-order chi connectivity index (χ1) is 10.1. The summed E-state index contributed by atoms with van der Waals surface area (Å²) < 4.78 is 0. The van der Waals surface area contributed by atoms with Crippen LogP contribution in [0.2, 0.25) is 0 Å². The average Bonchev–Trinajstić information content (AvgIpc) is 3.07. The van der Waals surface area contributed by atoms with E-state index in [1.54, 1.807) is 17.4 Å². The standard InChI is InChI=1S/C15H13N3OS2/c1-9-4-3-5-11(16-9)14(19)18-15-17-12(8-20-15)13-7-6-10(2)21-13/h3-8H,1-2H3,(H,17,18,19). The summed E-state index contributed by atoms with van der Waals surface area (Å²) in [7, 11) is 0. The summed E-state index contributed by atoms with van der Waals surface area (Å²) in [6.07, 6.45) is 0. The molecule has 1 N–H and O–H groups in total. The lowest BCUT2D eigenvalue weighted by Gasteiger charge is -2.01. The number of nitrogens with one attached hydrogen (secondary N) is 1. The Hall–Kier alpha value is -2.05. The molecule has 3 rings (SSSR count). The van der Waals surface area contributed by atoms with E-state index in [0.29, 0.717) is 10.8 Å². The summed E-state index contributed by atoms with van der Waals surface area (Å²) in [6, 6.07) is 9.48. The van der Waals surface area contributed by atoms with Crippen molar-refractivity contribution in [2.24, 2.45) is 0 Å². The van der Waals surface area contributed by atoms with Crippen molar-refractivity contribution >= 4 is 33.7 Å². The first-order valence-corrected chi connectivity index (χ1v) is 8.09. The summed E-state index contributed by atoms with van der Waals surface area (Å²) in [5, 5.41) is 5.33. The molecule has 1 amide bonds. The molecule has 0 aliphatic carbocycles. The Morgan fingerprint density at radius 3 is 2.71 bits per heavy atom. The second-order valence-electron chi connectivity index (χ2n) is 4.57. The zero-order chi connectivity index (χ0) is 14.8. The second-order valence-corrected chi connectivity index (χ2v) is 6.71. The molecule has 106 valence electrons. The first-order valence-electron chi connectivity index (χ1n) is 6.39. The van der Waals surface area contributed by atoms with Gasteiger partial charge < -0.3 is 0 Å². The highest BCUT2D eigenvalue weighted by Crippen LogP contribution is 2.30. The summed E-state index contributed by atoms with van der Waals surface area (Å²) in [6.45, 7) is 3.92. The molecule has 0 saturated heterocycles. The van der Waals surface area contributed by atoms with E-state index in [4.69, 9.17) is 0 Å². The second kappa shape index (κ2) is 5.75. The Labute approximate surface area is 130 Å². The van der Waals surface area contributed by atoms with E-state index < -0.39 is 0 Å². The first kappa shape index (κ1) is 13.9. The van der Waals surface area contributed by atoms with Crippen molar-refractivity contribution in [3.05, 3.63) is 52.0 Å². The van der Waals surface area contributed by atoms with Crippen molar-refractivity contribution in [2.45, 2.75) is 13.8 Å². The highest BCUT2D eigenvalue weighted by Gasteiger charge is 2.11. The smallest absolute Gasteiger partial charge is 0.276 e. The van der Waals surface area contributed by atoms with Gasteiger partial charge in [0, 0.05) is 16.0 Å². The highest BCUT2D eigenvalue weighted by molar-refractivity contribution is 7.17. The molecule has 0 atom stereocenters. The third kappa shape index (κ3) is 3.17. The van der Waals surface area contributed by atoms with Gasteiger partial charge in [-0.15, -0.1) is 22.7 Å². The monoisotopic (exact) mass is 315 g/mol. The van der Waals surface area contributed by atoms with Gasteiger partial charge in [-0.1, -0.05) is 6.07 Å². The van der Waals surface area contributed by atoms with E-state index in [9.17, 15) is 4.79 Å². The molecule has 0 aliphatic heterocycles. The van der Waals surface area contributed by atoms with Gasteiger partial charge in [0.1, 0.15) is 5.69 Å². The Morgan fingerprint density at radius 2 is 2.00 bits per heavy atom. The molecule has 4 nitrogen and oxygen atoms in total. The van der Waals surface area contributed by atoms with Crippen LogP contribution < -0.4 is 5.32 Å². The molecule has 0 unspecified atom stereocenters. The molecule has 0 fully saturated rings. The van der Waals surface area contributed by atoms with Crippen molar-refractivity contribution in [3.63, 3.8) is 0 Å². The summed E-state index contributed by atoms with van der Waals surface area (Å²) >= 11 is 3.11. The maximum Gasteiger partial charge on any atom is 0.276 e. The number of hydrogen-bond acceptors (Lipinski definition) is 5. The molecule has 0 radical (unpaired) electrons. The van der Waals surface area contributed by atoms with Gasteiger partial charge in [0.2, 0.25) is 0 Å². The fourth-order valence-electron chi connectivity index (χ4n) is 1.85. The molecule has 3 aromatic rings. The average molecular weight is 315 g/mol. The molecule has 21 heavy (non-hydrogen) atoms. The number of hydrogen-bond donors (Lipinski definition) is 1. The minimum Gasteiger partial charge on any atom is -0.296 e. The summed E-state index contributed by atoms with van der Waals surface area (Å²) in [5.41, 5.74) is 2.11. The predicted octanol–water partition coefficient (Wildman–Crippen LogP) is 4.14. The number of carbonyl (C=O) groups excluding carboxylic acids is 1. The topological polar surface area (TPSA) is 54.9 Å². The van der Waals surface area contributed by atoms with E-state index in [-0.39, 0.29) is 5.91 Å². The van der Waals surface area contributed by atoms with E-state index in [2.05, 4.69) is 28.3 Å². The van der Waals surface area contributed by atoms with E-state index in [1.165, 1.54) is 16.2 Å². The SMILES string of the molecule is Cc1cccc(C(=O)Nc2nc(-c3ccc(C)s3)cs2)n1. The lowest BCUT2D eigenvalue weighted by atomic mass is 10.3. The zero-order valence-corrected chi connectivity index (χ0v) is 13.2. The van der Waals surface area contributed by atoms with Crippen LogP contribution in [0.4, 0.5) is 5.13 Å². The lowest BCUT2D eigenvalue weighted by Crippen LogP contribution is -2.13. The fourth-order valence-corrected chi connectivity index (χ4v) is 3.46. The number of rotatable bonds is 3. The molecule has 3 heterocycles. The number of thiazole rings is 1.